The Bertz CT molecular complexity index is 32.7. The molecular formula is H8N2O4Se. The average molecular weight is 179 g/mol. The monoisotopic (exact) mass is 180 g/mol. The van der Waals surface area contributed by atoms with Crippen LogP contribution >= 0.6 is 0 Å². The van der Waals surface area contributed by atoms with Crippen LogP contribution in [-0.2, 0) is 3.83 Å². The van der Waals surface area contributed by atoms with Crippen LogP contribution in [0.1, 0.15) is 0 Å². The molecule has 0 atom stereocenters. The predicted molar refractivity (Wildman–Crippen MR) is 22.9 cm³/mol. The first-order valence-corrected chi connectivity index (χ1v) is 3.10. The molecule has 0 aromatic carbocycles. The van der Waals surface area contributed by atoms with Crippen LogP contribution in [0.3, 0.4) is 0 Å². The molecule has 0 heterocycles. The van der Waals surface area contributed by atoms with Gasteiger partial charge in [0.15, 0.2) is 0 Å². The van der Waals surface area contributed by atoms with Crippen molar-refractivity contribution in [1.82, 2.24) is 0 Å². The molecule has 8 N–H and O–H groups in total. The van der Waals surface area contributed by atoms with Gasteiger partial charge in [-0.25, -0.2) is 0 Å². The molecule has 0 aliphatic carbocycles. The summed E-state index contributed by atoms with van der Waals surface area (Å²) in [4.78, 5) is 0. The first-order valence-electron chi connectivity index (χ1n) is 0.865. The van der Waals surface area contributed by atoms with Crippen molar-refractivity contribution < 1.29 is 17.7 Å². The Morgan fingerprint density at radius 1 is 1.29 bits per heavy atom. The zero-order chi connectivity index (χ0) is 5.58. The maximum atomic E-state index is 8.76. The zero-order valence-electron chi connectivity index (χ0n) is 3.37. The van der Waals surface area contributed by atoms with Crippen LogP contribution < -0.4 is 11.7 Å². The third-order valence-corrected chi connectivity index (χ3v) is 0. The van der Waals surface area contributed by atoms with Gasteiger partial charge in [0.1, 0.15) is 0 Å². The zero-order valence-corrected chi connectivity index (χ0v) is 5.08. The number of nitrogens with two attached hydrogens (primary N) is 2. The number of hydrogen-bond donors (Lipinski definition) is 4. The number of hydrogen-bond acceptors (Lipinski definition) is 3. The molecule has 0 saturated carbocycles. The SMILES string of the molecule is NN.O.O=[Se](O)O. The summed E-state index contributed by atoms with van der Waals surface area (Å²) in [5.41, 5.74) is 0. The summed E-state index contributed by atoms with van der Waals surface area (Å²) in [5, 5.41) is 0. The van der Waals surface area contributed by atoms with E-state index in [1.807, 2.05) is 0 Å². The molecule has 48 valence electrons. The molecular weight excluding hydrogens is 171 g/mol. The van der Waals surface area contributed by atoms with Crippen LogP contribution in [0.2, 0.25) is 0 Å². The van der Waals surface area contributed by atoms with E-state index in [4.69, 9.17) is 12.2 Å². The van der Waals surface area contributed by atoms with Gasteiger partial charge in [0.05, 0.1) is 0 Å². The minimum absolute atomic E-state index is 0. The fourth-order valence-corrected chi connectivity index (χ4v) is 0. The Hall–Kier alpha value is 0.119. The predicted octanol–water partition coefficient (Wildman–Crippen LogP) is -3.62. The van der Waals surface area contributed by atoms with Crippen LogP contribution in [0.5, 0.6) is 0 Å². The van der Waals surface area contributed by atoms with Crippen molar-refractivity contribution in [2.24, 2.45) is 11.7 Å². The summed E-state index contributed by atoms with van der Waals surface area (Å²) in [7, 11) is 0. The Balaban J connectivity index is -0.0000000480. The van der Waals surface area contributed by atoms with E-state index >= 15 is 0 Å². The van der Waals surface area contributed by atoms with Gasteiger partial charge in [-0.2, -0.15) is 0 Å². The van der Waals surface area contributed by atoms with E-state index in [0.29, 0.717) is 0 Å². The molecule has 0 fully saturated rings. The fraction of sp³-hybridized carbons (Fsp3) is 0. The van der Waals surface area contributed by atoms with Crippen LogP contribution in [0.25, 0.3) is 0 Å². The van der Waals surface area contributed by atoms with Gasteiger partial charge < -0.3 is 5.48 Å². The molecule has 0 aliphatic rings. The molecule has 0 rings (SSSR count). The van der Waals surface area contributed by atoms with Crippen molar-refractivity contribution in [3.05, 3.63) is 0 Å². The molecule has 7 heavy (non-hydrogen) atoms. The number of rotatable bonds is 0. The Morgan fingerprint density at radius 2 is 1.29 bits per heavy atom. The first kappa shape index (κ1) is 15.7. The van der Waals surface area contributed by atoms with Crippen molar-refractivity contribution in [3.8, 4) is 0 Å². The van der Waals surface area contributed by atoms with E-state index in [2.05, 4.69) is 11.7 Å². The van der Waals surface area contributed by atoms with Crippen LogP contribution in [0.15, 0.2) is 0 Å². The van der Waals surface area contributed by atoms with E-state index in [9.17, 15) is 0 Å². The summed E-state index contributed by atoms with van der Waals surface area (Å²) < 4.78 is 23.1. The van der Waals surface area contributed by atoms with Crippen molar-refractivity contribution in [3.63, 3.8) is 0 Å². The Morgan fingerprint density at radius 3 is 1.29 bits per heavy atom. The first-order chi connectivity index (χ1) is 2.73. The number of hydrazine groups is 1. The molecule has 0 bridgehead atoms. The molecule has 0 aromatic heterocycles. The molecule has 0 aromatic rings. The normalized spacial score (nSPS) is 5.86. The standard InChI is InChI=1S/H4N2.H2O3Se.H2O/c1-2;1-4(2)3;/h1-2H2;(H2,1,2,3);1H2. The molecule has 0 aliphatic heterocycles. The Labute approximate surface area is 44.8 Å². The van der Waals surface area contributed by atoms with Gasteiger partial charge >= 0.3 is 26.7 Å². The topological polar surface area (TPSA) is 141 Å². The summed E-state index contributed by atoms with van der Waals surface area (Å²) >= 11 is -3.29. The quantitative estimate of drug-likeness (QED) is 0.172. The van der Waals surface area contributed by atoms with Crippen molar-refractivity contribution in [2.45, 2.75) is 0 Å². The van der Waals surface area contributed by atoms with E-state index in [1.54, 1.807) is 0 Å². The van der Waals surface area contributed by atoms with Gasteiger partial charge in [-0.05, 0) is 0 Å². The maximum absolute atomic E-state index is 8.76. The Kier molecular flexibility index (Phi) is 37.0. The second-order valence-electron chi connectivity index (χ2n) is 0.231. The van der Waals surface area contributed by atoms with Gasteiger partial charge in [-0.1, -0.05) is 0 Å². The summed E-state index contributed by atoms with van der Waals surface area (Å²) in [6.45, 7) is 0. The van der Waals surface area contributed by atoms with E-state index in [0.717, 1.165) is 0 Å². The third-order valence-electron chi connectivity index (χ3n) is 0. The van der Waals surface area contributed by atoms with Gasteiger partial charge in [0.25, 0.3) is 0 Å². The van der Waals surface area contributed by atoms with Gasteiger partial charge in [-0.3, -0.25) is 11.7 Å². The summed E-state index contributed by atoms with van der Waals surface area (Å²) in [5.74, 6) is 8.00. The summed E-state index contributed by atoms with van der Waals surface area (Å²) in [6.07, 6.45) is 0. The van der Waals surface area contributed by atoms with Gasteiger partial charge in [-0.15, -0.1) is 0 Å². The van der Waals surface area contributed by atoms with E-state index in [1.165, 1.54) is 0 Å². The average Bonchev–Trinajstić information content (AvgIpc) is 1.41. The van der Waals surface area contributed by atoms with Gasteiger partial charge in [0.2, 0.25) is 0 Å². The molecule has 7 heteroatoms. The molecule has 0 saturated heterocycles. The molecule has 0 spiro atoms. The molecule has 6 nitrogen and oxygen atoms in total. The molecule has 0 radical (unpaired) electrons. The fourth-order valence-electron chi connectivity index (χ4n) is 0. The summed E-state index contributed by atoms with van der Waals surface area (Å²) in [6, 6.07) is 0. The third kappa shape index (κ3) is 7270. The van der Waals surface area contributed by atoms with Crippen LogP contribution in [0.4, 0.5) is 0 Å². The van der Waals surface area contributed by atoms with Gasteiger partial charge in [0, 0.05) is 0 Å². The van der Waals surface area contributed by atoms with Crippen LogP contribution in [0, 0.1) is 0 Å². The molecule has 0 unspecified atom stereocenters. The van der Waals surface area contributed by atoms with Crippen molar-refractivity contribution in [2.75, 3.05) is 0 Å². The van der Waals surface area contributed by atoms with E-state index < -0.39 is 14.5 Å². The van der Waals surface area contributed by atoms with Crippen LogP contribution in [-0.4, -0.2) is 28.3 Å². The second-order valence-corrected chi connectivity index (χ2v) is 1.20. The van der Waals surface area contributed by atoms with E-state index in [-0.39, 0.29) is 5.48 Å². The van der Waals surface area contributed by atoms with Crippen molar-refractivity contribution in [1.29, 1.82) is 0 Å². The molecule has 0 amide bonds. The second kappa shape index (κ2) is 16.5. The van der Waals surface area contributed by atoms with Crippen molar-refractivity contribution >= 4 is 14.5 Å². The minimum atomic E-state index is -3.29.